The van der Waals surface area contributed by atoms with E-state index in [0.717, 1.165) is 28.8 Å². The molecule has 1 aliphatic heterocycles. The molecule has 4 aromatic rings. The van der Waals surface area contributed by atoms with E-state index in [4.69, 9.17) is 0 Å². The molecule has 0 saturated carbocycles. The molecule has 31 heavy (non-hydrogen) atoms. The Morgan fingerprint density at radius 3 is 2.52 bits per heavy atom. The van der Waals surface area contributed by atoms with Gasteiger partial charge in [0.2, 0.25) is 10.2 Å². The van der Waals surface area contributed by atoms with E-state index >= 15 is 0 Å². The maximum atomic E-state index is 12.0. The fourth-order valence-electron chi connectivity index (χ4n) is 4.13. The van der Waals surface area contributed by atoms with Crippen molar-refractivity contribution in [2.75, 3.05) is 19.3 Å². The summed E-state index contributed by atoms with van der Waals surface area (Å²) >= 11 is 0. The average molecular weight is 434 g/mol. The summed E-state index contributed by atoms with van der Waals surface area (Å²) in [6.45, 7) is 3.40. The maximum Gasteiger partial charge on any atom is 0.244 e. The third kappa shape index (κ3) is 4.17. The molecule has 2 aromatic carbocycles. The third-order valence-corrected chi connectivity index (χ3v) is 6.96. The van der Waals surface area contributed by atoms with Crippen LogP contribution in [0.1, 0.15) is 18.4 Å². The quantitative estimate of drug-likeness (QED) is 0.465. The van der Waals surface area contributed by atoms with Crippen LogP contribution >= 0.6 is 0 Å². The van der Waals surface area contributed by atoms with E-state index in [9.17, 15) is 8.76 Å². The molecule has 0 spiro atoms. The van der Waals surface area contributed by atoms with Crippen molar-refractivity contribution < 1.29 is 8.76 Å². The van der Waals surface area contributed by atoms with Gasteiger partial charge in [-0.25, -0.2) is 9.50 Å². The molecule has 2 aromatic heterocycles. The Morgan fingerprint density at radius 2 is 1.77 bits per heavy atom. The number of hydrogen-bond donors (Lipinski definition) is 1. The van der Waals surface area contributed by atoms with E-state index in [2.05, 4.69) is 39.2 Å². The summed E-state index contributed by atoms with van der Waals surface area (Å²) < 4.78 is 23.6. The summed E-state index contributed by atoms with van der Waals surface area (Å²) in [6.07, 6.45) is 9.51. The minimum absolute atomic E-state index is 0.398. The minimum atomic E-state index is -3.02. The van der Waals surface area contributed by atoms with Gasteiger partial charge in [-0.1, -0.05) is 40.6 Å². The Bertz CT molecular complexity index is 1270. The topological polar surface area (TPSA) is 70.7 Å². The summed E-state index contributed by atoms with van der Waals surface area (Å²) in [5, 5.41) is 4.47. The molecule has 0 radical (unpaired) electrons. The second-order valence-corrected chi connectivity index (χ2v) is 10.3. The Morgan fingerprint density at radius 1 is 1.00 bits per heavy atom. The van der Waals surface area contributed by atoms with Crippen molar-refractivity contribution in [2.24, 2.45) is 0 Å². The van der Waals surface area contributed by atoms with Crippen LogP contribution in [0.25, 0.3) is 27.9 Å². The lowest BCUT2D eigenvalue weighted by atomic mass is 10.1. The molecule has 0 bridgehead atoms. The summed E-state index contributed by atoms with van der Waals surface area (Å²) in [5.41, 5.74) is 5.80. The second kappa shape index (κ2) is 8.00. The average Bonchev–Trinajstić information content (AvgIpc) is 3.43. The van der Waals surface area contributed by atoms with Gasteiger partial charge in [-0.05, 0) is 48.7 Å². The van der Waals surface area contributed by atoms with Crippen LogP contribution in [0.15, 0.2) is 72.0 Å². The van der Waals surface area contributed by atoms with Crippen molar-refractivity contribution in [1.82, 2.24) is 19.5 Å². The summed E-state index contributed by atoms with van der Waals surface area (Å²) in [6, 6.07) is 15.7. The lowest BCUT2D eigenvalue weighted by molar-refractivity contribution is 0.331. The molecule has 7 heteroatoms. The molecular formula is C24H25N4O2S+. The van der Waals surface area contributed by atoms with Crippen LogP contribution in [0.4, 0.5) is 0 Å². The first kappa shape index (κ1) is 20.1. The highest BCUT2D eigenvalue weighted by atomic mass is 32.3. The van der Waals surface area contributed by atoms with Crippen LogP contribution in [-0.4, -0.2) is 43.4 Å². The van der Waals surface area contributed by atoms with Gasteiger partial charge in [-0.3, -0.25) is 4.90 Å². The summed E-state index contributed by atoms with van der Waals surface area (Å²) in [7, 11) is -3.02. The molecule has 1 unspecified atom stereocenters. The van der Waals surface area contributed by atoms with Gasteiger partial charge >= 0.3 is 0 Å². The Kier molecular flexibility index (Phi) is 5.17. The van der Waals surface area contributed by atoms with E-state index in [1.165, 1.54) is 37.8 Å². The number of likely N-dealkylation sites (tertiary alicyclic amines) is 1. The highest BCUT2D eigenvalue weighted by molar-refractivity contribution is 7.97. The molecule has 158 valence electrons. The summed E-state index contributed by atoms with van der Waals surface area (Å²) in [4.78, 5) is 7.54. The molecule has 1 saturated heterocycles. The number of hydrogen-bond acceptors (Lipinski definition) is 4. The van der Waals surface area contributed by atoms with Crippen molar-refractivity contribution in [3.63, 3.8) is 0 Å². The highest BCUT2D eigenvalue weighted by Gasteiger charge is 2.22. The van der Waals surface area contributed by atoms with E-state index in [1.807, 2.05) is 18.5 Å². The van der Waals surface area contributed by atoms with Crippen molar-refractivity contribution in [1.29, 1.82) is 0 Å². The van der Waals surface area contributed by atoms with Gasteiger partial charge in [0.25, 0.3) is 0 Å². The van der Waals surface area contributed by atoms with Crippen LogP contribution < -0.4 is 0 Å². The first-order chi connectivity index (χ1) is 15.0. The normalized spacial score (nSPS) is 16.6. The first-order valence-electron chi connectivity index (χ1n) is 10.4. The SMILES string of the molecule is C[S+](=O)(O)c1cccc(-c2cnn3cc(-c4ccc(CN5CCCC5)cc4)cnc23)c1. The zero-order chi connectivity index (χ0) is 21.4. The molecule has 1 fully saturated rings. The highest BCUT2D eigenvalue weighted by Crippen LogP contribution is 2.28. The zero-order valence-corrected chi connectivity index (χ0v) is 18.3. The van der Waals surface area contributed by atoms with Gasteiger partial charge in [0, 0.05) is 36.1 Å². The molecule has 5 rings (SSSR count). The number of fused-ring (bicyclic) bond motifs is 1. The van der Waals surface area contributed by atoms with E-state index < -0.39 is 10.2 Å². The zero-order valence-electron chi connectivity index (χ0n) is 17.4. The van der Waals surface area contributed by atoms with Gasteiger partial charge in [0.05, 0.1) is 6.20 Å². The molecule has 1 atom stereocenters. The predicted octanol–water partition coefficient (Wildman–Crippen LogP) is 4.62. The van der Waals surface area contributed by atoms with Crippen LogP contribution in [0.2, 0.25) is 0 Å². The molecule has 3 heterocycles. The molecule has 1 aliphatic rings. The minimum Gasteiger partial charge on any atom is -0.299 e. The third-order valence-electron chi connectivity index (χ3n) is 5.83. The Balaban J connectivity index is 1.42. The molecule has 1 N–H and O–H groups in total. The molecular weight excluding hydrogens is 408 g/mol. The number of nitrogens with zero attached hydrogens (tertiary/aromatic N) is 4. The van der Waals surface area contributed by atoms with Crippen molar-refractivity contribution in [2.45, 2.75) is 24.3 Å². The van der Waals surface area contributed by atoms with Gasteiger partial charge in [-0.15, -0.1) is 0 Å². The van der Waals surface area contributed by atoms with Crippen molar-refractivity contribution in [3.05, 3.63) is 72.7 Å². The van der Waals surface area contributed by atoms with Crippen LogP contribution in [0.3, 0.4) is 0 Å². The van der Waals surface area contributed by atoms with Crippen molar-refractivity contribution >= 4 is 15.9 Å². The Labute approximate surface area is 182 Å². The van der Waals surface area contributed by atoms with Gasteiger partial charge in [0.1, 0.15) is 6.26 Å². The van der Waals surface area contributed by atoms with Crippen molar-refractivity contribution in [3.8, 4) is 22.3 Å². The fraction of sp³-hybridized carbons (Fsp3) is 0.250. The summed E-state index contributed by atoms with van der Waals surface area (Å²) in [5.74, 6) is 0. The molecule has 0 amide bonds. The van der Waals surface area contributed by atoms with E-state index in [-0.39, 0.29) is 0 Å². The largest absolute Gasteiger partial charge is 0.299 e. The van der Waals surface area contributed by atoms with Gasteiger partial charge < -0.3 is 0 Å². The number of aromatic nitrogens is 3. The van der Waals surface area contributed by atoms with E-state index in [0.29, 0.717) is 10.5 Å². The maximum absolute atomic E-state index is 12.0. The molecule has 0 aliphatic carbocycles. The monoisotopic (exact) mass is 433 g/mol. The first-order valence-corrected chi connectivity index (χ1v) is 12.4. The van der Waals surface area contributed by atoms with Gasteiger partial charge in [-0.2, -0.15) is 9.65 Å². The molecule has 6 nitrogen and oxygen atoms in total. The lowest BCUT2D eigenvalue weighted by Crippen LogP contribution is -2.18. The van der Waals surface area contributed by atoms with Gasteiger partial charge in [0.15, 0.2) is 10.5 Å². The van der Waals surface area contributed by atoms with E-state index in [1.54, 1.807) is 28.9 Å². The second-order valence-electron chi connectivity index (χ2n) is 8.18. The predicted molar refractivity (Wildman–Crippen MR) is 123 cm³/mol. The van der Waals surface area contributed by atoms with Crippen LogP contribution in [0, 0.1) is 0 Å². The standard InChI is InChI=1S/C24H24N4O2S/c1-31(29,30)22-6-4-5-20(13-22)23-15-26-28-17-21(14-25-24(23)28)19-9-7-18(8-10-19)16-27-11-2-3-12-27/h4-10,13-15,17H,2-3,11-12,16H2,1H3/p+1. The van der Waals surface area contributed by atoms with Crippen LogP contribution in [0.5, 0.6) is 0 Å². The van der Waals surface area contributed by atoms with Crippen LogP contribution in [-0.2, 0) is 21.0 Å². The number of benzene rings is 2. The fourth-order valence-corrected chi connectivity index (χ4v) is 4.80. The number of rotatable bonds is 5. The lowest BCUT2D eigenvalue weighted by Gasteiger charge is -2.14. The smallest absolute Gasteiger partial charge is 0.244 e. The Hall–Kier alpha value is -2.87.